The van der Waals surface area contributed by atoms with Gasteiger partial charge in [0, 0.05) is 37.1 Å². The monoisotopic (exact) mass is 660 g/mol. The van der Waals surface area contributed by atoms with Crippen LogP contribution in [0.25, 0.3) is 22.6 Å². The second kappa shape index (κ2) is 13.2. The van der Waals surface area contributed by atoms with E-state index in [1.54, 1.807) is 18.5 Å². The maximum atomic E-state index is 11.9. The van der Waals surface area contributed by atoms with Gasteiger partial charge in [-0.2, -0.15) is 16.8 Å². The Kier molecular flexibility index (Phi) is 9.81. The molecule has 0 aliphatic heterocycles. The van der Waals surface area contributed by atoms with E-state index >= 15 is 0 Å². The summed E-state index contributed by atoms with van der Waals surface area (Å²) in [7, 11) is -8.97. The average Bonchev–Trinajstić information content (AvgIpc) is 3.47. The van der Waals surface area contributed by atoms with Gasteiger partial charge >= 0.3 is 5.97 Å². The first-order chi connectivity index (χ1) is 20.2. The Morgan fingerprint density at radius 2 is 1.74 bits per heavy atom. The van der Waals surface area contributed by atoms with Crippen LogP contribution in [0.3, 0.4) is 0 Å². The number of benzene rings is 1. The average molecular weight is 661 g/mol. The predicted octanol–water partition coefficient (Wildman–Crippen LogP) is 2.77. The number of ether oxygens (including phenoxy) is 1. The number of carbonyl (C=O) groups is 1. The molecule has 0 radical (unpaired) electrons. The lowest BCUT2D eigenvalue weighted by atomic mass is 10.2. The number of nitrogens with zero attached hydrogens (tertiary/aromatic N) is 3. The fourth-order valence-electron chi connectivity index (χ4n) is 3.99. The normalized spacial score (nSPS) is 12.1. The number of fused-ring (bicyclic) bond motifs is 1. The summed E-state index contributed by atoms with van der Waals surface area (Å²) < 4.78 is 77.7. The number of aryl methyl sites for hydroxylation is 1. The maximum absolute atomic E-state index is 11.9. The van der Waals surface area contributed by atoms with Crippen molar-refractivity contribution in [1.82, 2.24) is 9.71 Å². The Morgan fingerprint density at radius 3 is 2.40 bits per heavy atom. The predicted molar refractivity (Wildman–Crippen MR) is 149 cm³/mol. The molecule has 4 N–H and O–H groups in total. The van der Waals surface area contributed by atoms with Gasteiger partial charge in [0.1, 0.15) is 27.7 Å². The molecule has 1 aromatic carbocycles. The minimum absolute atomic E-state index is 0.0650. The number of aromatic nitrogens is 3. The molecule has 232 valence electrons. The van der Waals surface area contributed by atoms with E-state index in [1.165, 1.54) is 18.2 Å². The van der Waals surface area contributed by atoms with Crippen molar-refractivity contribution in [2.75, 3.05) is 12.4 Å². The van der Waals surface area contributed by atoms with Crippen molar-refractivity contribution in [2.45, 2.75) is 43.5 Å². The third kappa shape index (κ3) is 8.57. The van der Waals surface area contributed by atoms with Gasteiger partial charge in [-0.1, -0.05) is 11.6 Å². The van der Waals surface area contributed by atoms with E-state index in [0.29, 0.717) is 36.1 Å². The summed E-state index contributed by atoms with van der Waals surface area (Å²) in [5.74, 6) is -2.23. The molecule has 0 unspecified atom stereocenters. The molecular formula is C25H27ClN3O12S2+. The highest BCUT2D eigenvalue weighted by molar-refractivity contribution is 7.86. The molecule has 0 fully saturated rings. The van der Waals surface area contributed by atoms with E-state index in [0.717, 1.165) is 6.07 Å². The molecule has 0 bridgehead atoms. The summed E-state index contributed by atoms with van der Waals surface area (Å²) in [5.41, 5.74) is 0.597. The van der Waals surface area contributed by atoms with Gasteiger partial charge in [0.25, 0.3) is 20.2 Å². The van der Waals surface area contributed by atoms with Gasteiger partial charge in [0.15, 0.2) is 18.0 Å². The summed E-state index contributed by atoms with van der Waals surface area (Å²) in [4.78, 5) is 20.5. The van der Waals surface area contributed by atoms with E-state index in [1.807, 2.05) is 4.57 Å². The highest BCUT2D eigenvalue weighted by atomic mass is 35.5. The van der Waals surface area contributed by atoms with Crippen LogP contribution in [-0.2, 0) is 31.6 Å². The summed E-state index contributed by atoms with van der Waals surface area (Å²) in [5, 5.41) is 19.3. The Morgan fingerprint density at radius 1 is 1.02 bits per heavy atom. The molecule has 3 aromatic heterocycles. The van der Waals surface area contributed by atoms with E-state index in [9.17, 15) is 36.4 Å². The number of halogens is 1. The second-order valence-electron chi connectivity index (χ2n) is 9.31. The molecule has 43 heavy (non-hydrogen) atoms. The first-order valence-corrected chi connectivity index (χ1v) is 16.1. The van der Waals surface area contributed by atoms with E-state index in [4.69, 9.17) is 30.1 Å². The van der Waals surface area contributed by atoms with Gasteiger partial charge in [-0.05, 0) is 25.3 Å². The number of aromatic hydroxyl groups is 2. The molecule has 0 aliphatic carbocycles. The fourth-order valence-corrected chi connectivity index (χ4v) is 5.38. The molecule has 0 saturated heterocycles. The van der Waals surface area contributed by atoms with E-state index in [2.05, 4.69) is 4.98 Å². The van der Waals surface area contributed by atoms with Crippen LogP contribution in [0.1, 0.15) is 32.1 Å². The quantitative estimate of drug-likeness (QED) is 0.0869. The van der Waals surface area contributed by atoms with Gasteiger partial charge in [-0.25, -0.2) is 14.3 Å². The van der Waals surface area contributed by atoms with Crippen LogP contribution in [0.15, 0.2) is 52.0 Å². The van der Waals surface area contributed by atoms with Crippen LogP contribution in [-0.4, -0.2) is 64.2 Å². The topological polar surface area (TPSA) is 220 Å². The van der Waals surface area contributed by atoms with Crippen molar-refractivity contribution in [3.8, 4) is 29.0 Å². The minimum atomic E-state index is -4.74. The van der Waals surface area contributed by atoms with Crippen molar-refractivity contribution >= 4 is 48.9 Å². The van der Waals surface area contributed by atoms with E-state index in [-0.39, 0.29) is 47.2 Å². The zero-order chi connectivity index (χ0) is 31.4. The van der Waals surface area contributed by atoms with Gasteiger partial charge in [0.2, 0.25) is 17.7 Å². The van der Waals surface area contributed by atoms with Crippen molar-refractivity contribution in [1.29, 1.82) is 0 Å². The fraction of sp³-hybridized carbons (Fsp3) is 0.320. The van der Waals surface area contributed by atoms with E-state index < -0.39 is 48.6 Å². The smallest absolute Gasteiger partial charge is 0.333 e. The highest BCUT2D eigenvalue weighted by Gasteiger charge is 2.23. The summed E-state index contributed by atoms with van der Waals surface area (Å²) in [6.45, 7) is 0.296. The van der Waals surface area contributed by atoms with Crippen molar-refractivity contribution in [3.63, 3.8) is 0 Å². The molecule has 3 heterocycles. The molecule has 18 heteroatoms. The van der Waals surface area contributed by atoms with Crippen LogP contribution in [0, 0.1) is 0 Å². The molecule has 4 rings (SSSR count). The Balaban J connectivity index is 1.37. The number of hydrogen-bond acceptors (Lipinski definition) is 11. The Hall–Kier alpha value is -3.90. The Labute approximate surface area is 250 Å². The van der Waals surface area contributed by atoms with Crippen molar-refractivity contribution in [3.05, 3.63) is 47.7 Å². The van der Waals surface area contributed by atoms with Crippen LogP contribution >= 0.6 is 11.6 Å². The van der Waals surface area contributed by atoms with Crippen molar-refractivity contribution < 1.29 is 59.5 Å². The number of oxazole rings is 1. The van der Waals surface area contributed by atoms with Crippen LogP contribution < -0.4 is 14.1 Å². The van der Waals surface area contributed by atoms with Gasteiger partial charge in [-0.15, -0.1) is 4.73 Å². The summed E-state index contributed by atoms with van der Waals surface area (Å²) >= 11 is 6.47. The van der Waals surface area contributed by atoms with Gasteiger partial charge < -0.3 is 24.2 Å². The lowest BCUT2D eigenvalue weighted by Gasteiger charge is -2.09. The molecule has 15 nitrogen and oxygen atoms in total. The third-order valence-corrected chi connectivity index (χ3v) is 8.00. The number of rotatable bonds is 14. The van der Waals surface area contributed by atoms with Crippen LogP contribution in [0.5, 0.6) is 17.5 Å². The van der Waals surface area contributed by atoms with Gasteiger partial charge in [-0.3, -0.25) is 9.11 Å². The molecule has 4 aromatic rings. The first kappa shape index (κ1) is 32.0. The summed E-state index contributed by atoms with van der Waals surface area (Å²) in [6.07, 6.45) is 5.19. The lowest BCUT2D eigenvalue weighted by Crippen LogP contribution is -2.32. The highest BCUT2D eigenvalue weighted by Crippen LogP contribution is 2.34. The second-order valence-corrected chi connectivity index (χ2v) is 12.7. The SMILES string of the molecule is O=C(CCCCC[n+]1ccc(-c2nc3cc(S(=O)(=O)O)c(OCCCS(=O)(=O)O)cc3o2)c(Cl)c1)On1c(O)ccc1O. The molecule has 0 spiro atoms. The number of unbranched alkanes of at least 4 members (excludes halogenated alkanes) is 2. The minimum Gasteiger partial charge on any atom is -0.492 e. The summed E-state index contributed by atoms with van der Waals surface area (Å²) in [6, 6.07) is 6.27. The molecule has 0 aliphatic rings. The largest absolute Gasteiger partial charge is 0.492 e. The first-order valence-electron chi connectivity index (χ1n) is 12.7. The number of hydrogen-bond donors (Lipinski definition) is 4. The number of carbonyl (C=O) groups excluding carboxylic acids is 1. The van der Waals surface area contributed by atoms with Gasteiger partial charge in [0.05, 0.1) is 17.9 Å². The lowest BCUT2D eigenvalue weighted by molar-refractivity contribution is -0.697. The van der Waals surface area contributed by atoms with Crippen LogP contribution in [0.4, 0.5) is 0 Å². The molecule has 0 saturated carbocycles. The third-order valence-electron chi connectivity index (χ3n) is 6.02. The zero-order valence-corrected chi connectivity index (χ0v) is 24.7. The maximum Gasteiger partial charge on any atom is 0.333 e. The van der Waals surface area contributed by atoms with Crippen molar-refractivity contribution in [2.24, 2.45) is 0 Å². The number of pyridine rings is 1. The molecular weight excluding hydrogens is 634 g/mol. The van der Waals surface area contributed by atoms with Crippen LogP contribution in [0.2, 0.25) is 5.02 Å². The Bertz CT molecular complexity index is 1830. The molecule has 0 atom stereocenters. The standard InChI is InChI=1S/C25H26ClN3O12S2/c26-17-15-28(9-3-1-2-5-24(32)41-29-22(30)6-7-23(29)31)10-8-16(17)25-27-18-13-21(43(36,37)38)20(14-19(18)40-25)39-11-4-12-42(33,34)35/h6-8,10,13-15,27H,1-5,9,11-12H2,(H2,33,34,35,36,37,38)/p+1. The zero-order valence-electron chi connectivity index (χ0n) is 22.3. The molecule has 0 amide bonds.